The van der Waals surface area contributed by atoms with Crippen LogP contribution in [-0.2, 0) is 0 Å². The summed E-state index contributed by atoms with van der Waals surface area (Å²) >= 11 is 0. The molecule has 0 aromatic rings. The molecule has 1 radical (unpaired) electrons. The van der Waals surface area contributed by atoms with E-state index in [4.69, 9.17) is 0 Å². The summed E-state index contributed by atoms with van der Waals surface area (Å²) in [6.45, 7) is 0. The first-order valence-electron chi connectivity index (χ1n) is 4.01. The second-order valence-electron chi connectivity index (χ2n) is 2.89. The van der Waals surface area contributed by atoms with E-state index >= 15 is 0 Å². The predicted octanol–water partition coefficient (Wildman–Crippen LogP) is 2.11. The van der Waals surface area contributed by atoms with Gasteiger partial charge in [0.25, 0.3) is 0 Å². The zero-order chi connectivity index (χ0) is 7.52. The average molecular weight is 159 g/mol. The number of hydrogen-bond acceptors (Lipinski definition) is 0. The predicted molar refractivity (Wildman–Crippen MR) is 50.8 cm³/mol. The number of rotatable bonds is 2. The van der Waals surface area contributed by atoms with E-state index in [1.807, 2.05) is 0 Å². The molecule has 0 heterocycles. The van der Waals surface area contributed by atoms with Crippen molar-refractivity contribution in [1.29, 1.82) is 0 Å². The fraction of sp³-hybridized carbons (Fsp3) is 0.200. The molecule has 2 rings (SSSR count). The zero-order valence-electron chi connectivity index (χ0n) is 6.46. The molecule has 2 aliphatic rings. The minimum Gasteiger partial charge on any atom is -0.0809 e. The molecule has 0 fully saturated rings. The summed E-state index contributed by atoms with van der Waals surface area (Å²) in [6.07, 6.45) is 15.8. The maximum absolute atomic E-state index is 2.27. The van der Waals surface area contributed by atoms with Gasteiger partial charge in [0.1, 0.15) is 0 Å². The van der Waals surface area contributed by atoms with Gasteiger partial charge in [-0.2, -0.15) is 0 Å². The molecular formula is C10H11Si. The third kappa shape index (κ3) is 1.60. The molecule has 0 spiro atoms. The molecule has 0 aliphatic heterocycles. The second kappa shape index (κ2) is 3.05. The van der Waals surface area contributed by atoms with Crippen molar-refractivity contribution >= 4 is 9.52 Å². The van der Waals surface area contributed by atoms with Gasteiger partial charge in [-0.05, 0) is 12.8 Å². The van der Waals surface area contributed by atoms with Crippen LogP contribution in [0.25, 0.3) is 0 Å². The van der Waals surface area contributed by atoms with Crippen LogP contribution in [0.4, 0.5) is 0 Å². The Hall–Kier alpha value is -0.823. The zero-order valence-corrected chi connectivity index (χ0v) is 7.61. The van der Waals surface area contributed by atoms with Gasteiger partial charge in [-0.25, -0.2) is 0 Å². The van der Waals surface area contributed by atoms with E-state index in [9.17, 15) is 0 Å². The molecule has 0 saturated heterocycles. The van der Waals surface area contributed by atoms with Gasteiger partial charge in [0.15, 0.2) is 0 Å². The van der Waals surface area contributed by atoms with E-state index in [1.54, 1.807) is 10.4 Å². The van der Waals surface area contributed by atoms with Crippen LogP contribution in [0.2, 0.25) is 0 Å². The van der Waals surface area contributed by atoms with Crippen LogP contribution >= 0.6 is 0 Å². The summed E-state index contributed by atoms with van der Waals surface area (Å²) in [5.41, 5.74) is 0. The summed E-state index contributed by atoms with van der Waals surface area (Å²) in [5.74, 6) is 0. The highest BCUT2D eigenvalue weighted by atomic mass is 28.2. The molecule has 0 bridgehead atoms. The first kappa shape index (κ1) is 6.86. The summed E-state index contributed by atoms with van der Waals surface area (Å²) in [5, 5.41) is 3.28. The molecular weight excluding hydrogens is 148 g/mol. The van der Waals surface area contributed by atoms with Crippen LogP contribution in [0.5, 0.6) is 0 Å². The topological polar surface area (TPSA) is 0 Å². The molecule has 0 nitrogen and oxygen atoms in total. The normalized spacial score (nSPS) is 20.7. The Morgan fingerprint density at radius 1 is 0.909 bits per heavy atom. The van der Waals surface area contributed by atoms with Gasteiger partial charge in [-0.1, -0.05) is 46.8 Å². The summed E-state index contributed by atoms with van der Waals surface area (Å²) in [4.78, 5) is 0. The van der Waals surface area contributed by atoms with Gasteiger partial charge < -0.3 is 0 Å². The molecule has 0 aromatic heterocycles. The van der Waals surface area contributed by atoms with E-state index in [0.29, 0.717) is 9.52 Å². The molecule has 55 valence electrons. The lowest BCUT2D eigenvalue weighted by molar-refractivity contribution is 1.35. The Morgan fingerprint density at radius 2 is 1.45 bits per heavy atom. The first-order valence-corrected chi connectivity index (χ1v) is 5.17. The lowest BCUT2D eigenvalue weighted by atomic mass is 10.5. The van der Waals surface area contributed by atoms with Gasteiger partial charge in [-0.3, -0.25) is 0 Å². The van der Waals surface area contributed by atoms with Crippen molar-refractivity contribution in [3.05, 3.63) is 46.8 Å². The lowest BCUT2D eigenvalue weighted by Gasteiger charge is -1.99. The van der Waals surface area contributed by atoms with Gasteiger partial charge in [0.2, 0.25) is 0 Å². The Bertz CT molecular complexity index is 239. The van der Waals surface area contributed by atoms with E-state index in [0.717, 1.165) is 0 Å². The van der Waals surface area contributed by atoms with Gasteiger partial charge in [-0.15, -0.1) is 0 Å². The molecule has 2 aliphatic carbocycles. The van der Waals surface area contributed by atoms with E-state index < -0.39 is 0 Å². The van der Waals surface area contributed by atoms with Crippen molar-refractivity contribution in [2.45, 2.75) is 12.8 Å². The maximum atomic E-state index is 2.27. The number of hydrogen-bond donors (Lipinski definition) is 0. The van der Waals surface area contributed by atoms with Gasteiger partial charge >= 0.3 is 0 Å². The molecule has 0 aromatic carbocycles. The molecule has 0 N–H and O–H groups in total. The third-order valence-corrected chi connectivity index (χ3v) is 3.57. The minimum atomic E-state index is 0.449. The van der Waals surface area contributed by atoms with Crippen molar-refractivity contribution in [2.24, 2.45) is 0 Å². The van der Waals surface area contributed by atoms with E-state index in [-0.39, 0.29) is 0 Å². The SMILES string of the molecule is C1=CCC([SiH]C2=CC=CC2)=C1. The molecule has 0 atom stereocenters. The lowest BCUT2D eigenvalue weighted by Crippen LogP contribution is -1.96. The van der Waals surface area contributed by atoms with Crippen molar-refractivity contribution in [3.63, 3.8) is 0 Å². The maximum Gasteiger partial charge on any atom is 0.0931 e. The highest BCUT2D eigenvalue weighted by Crippen LogP contribution is 2.16. The molecule has 0 amide bonds. The van der Waals surface area contributed by atoms with Crippen molar-refractivity contribution in [1.82, 2.24) is 0 Å². The van der Waals surface area contributed by atoms with Crippen LogP contribution < -0.4 is 0 Å². The smallest absolute Gasteiger partial charge is 0.0809 e. The van der Waals surface area contributed by atoms with Crippen LogP contribution in [0.1, 0.15) is 12.8 Å². The fourth-order valence-corrected chi connectivity index (χ4v) is 2.78. The monoisotopic (exact) mass is 159 g/mol. The Morgan fingerprint density at radius 3 is 1.82 bits per heavy atom. The highest BCUT2D eigenvalue weighted by Gasteiger charge is 2.05. The van der Waals surface area contributed by atoms with Gasteiger partial charge in [0.05, 0.1) is 9.52 Å². The molecule has 0 unspecified atom stereocenters. The van der Waals surface area contributed by atoms with Crippen LogP contribution in [0, 0.1) is 0 Å². The van der Waals surface area contributed by atoms with Crippen molar-refractivity contribution < 1.29 is 0 Å². The summed E-state index contributed by atoms with van der Waals surface area (Å²) < 4.78 is 0. The van der Waals surface area contributed by atoms with Crippen molar-refractivity contribution in [3.8, 4) is 0 Å². The largest absolute Gasteiger partial charge is 0.0931 e. The average Bonchev–Trinajstić information content (AvgIpc) is 2.60. The Balaban J connectivity index is 1.91. The highest BCUT2D eigenvalue weighted by molar-refractivity contribution is 6.54. The van der Waals surface area contributed by atoms with Crippen molar-refractivity contribution in [2.75, 3.05) is 0 Å². The molecule has 11 heavy (non-hydrogen) atoms. The number of allylic oxidation sites excluding steroid dienone is 8. The molecule has 0 saturated carbocycles. The summed E-state index contributed by atoms with van der Waals surface area (Å²) in [7, 11) is 0.449. The van der Waals surface area contributed by atoms with Crippen LogP contribution in [0.15, 0.2) is 46.8 Å². The first-order chi connectivity index (χ1) is 5.45. The Labute approximate surface area is 69.8 Å². The van der Waals surface area contributed by atoms with E-state index in [1.165, 1.54) is 12.8 Å². The minimum absolute atomic E-state index is 0.449. The van der Waals surface area contributed by atoms with Gasteiger partial charge in [0, 0.05) is 0 Å². The quantitative estimate of drug-likeness (QED) is 0.541. The standard InChI is InChI=1S/C10H11Si/c1-2-6-9(5-1)11-10-7-3-4-8-10/h1-5,7,11H,6,8H2. The fourth-order valence-electron chi connectivity index (χ4n) is 1.38. The van der Waals surface area contributed by atoms with Crippen LogP contribution in [-0.4, -0.2) is 9.52 Å². The molecule has 1 heteroatoms. The second-order valence-corrected chi connectivity index (χ2v) is 4.66. The summed E-state index contributed by atoms with van der Waals surface area (Å²) in [6, 6.07) is 0. The van der Waals surface area contributed by atoms with Crippen LogP contribution in [0.3, 0.4) is 0 Å². The Kier molecular flexibility index (Phi) is 1.90. The third-order valence-electron chi connectivity index (χ3n) is 1.97. The van der Waals surface area contributed by atoms with E-state index in [2.05, 4.69) is 36.5 Å².